The second-order valence-electron chi connectivity index (χ2n) is 9.31. The standard InChI is InChI=1S/C23H32N2O4.CH2O2/c26-22(10-17-4-2-1-3-5-17)24-11-19-20-13-25(12-18-14-27-8-9-28-15-18)16-23(20)7-6-21(19)29-23;2-1-3/h1-5,18-21H,6-16H2,(H,24,26);1H,(H,2,3)/t19-,20+,21+,23+;/m0./s1. The molecule has 1 amide bonds. The number of carboxylic acid groups (broad SMARTS) is 1. The Hall–Kier alpha value is -2.00. The minimum atomic E-state index is -0.250. The van der Waals surface area contributed by atoms with E-state index in [1.807, 2.05) is 30.3 Å². The van der Waals surface area contributed by atoms with Gasteiger partial charge in [-0.3, -0.25) is 14.5 Å². The van der Waals surface area contributed by atoms with Crippen LogP contribution in [0.1, 0.15) is 18.4 Å². The summed E-state index contributed by atoms with van der Waals surface area (Å²) in [6.07, 6.45) is 3.04. The molecule has 1 aromatic rings. The molecule has 8 nitrogen and oxygen atoms in total. The van der Waals surface area contributed by atoms with Crippen LogP contribution in [0.3, 0.4) is 0 Å². The van der Waals surface area contributed by atoms with Crippen LogP contribution >= 0.6 is 0 Å². The molecule has 1 spiro atoms. The molecule has 4 aliphatic heterocycles. The number of carbonyl (C=O) groups is 2. The van der Waals surface area contributed by atoms with Gasteiger partial charge in [0.25, 0.3) is 6.47 Å². The Morgan fingerprint density at radius 3 is 2.66 bits per heavy atom. The second-order valence-corrected chi connectivity index (χ2v) is 9.31. The van der Waals surface area contributed by atoms with Crippen LogP contribution < -0.4 is 5.32 Å². The van der Waals surface area contributed by atoms with Crippen LogP contribution in [0.5, 0.6) is 0 Å². The Morgan fingerprint density at radius 2 is 1.94 bits per heavy atom. The summed E-state index contributed by atoms with van der Waals surface area (Å²) in [5.74, 6) is 1.49. The van der Waals surface area contributed by atoms with Crippen molar-refractivity contribution in [1.29, 1.82) is 0 Å². The lowest BCUT2D eigenvalue weighted by Gasteiger charge is -2.29. The minimum Gasteiger partial charge on any atom is -0.483 e. The molecule has 8 heteroatoms. The number of likely N-dealkylation sites (tertiary alicyclic amines) is 1. The molecule has 0 radical (unpaired) electrons. The van der Waals surface area contributed by atoms with Gasteiger partial charge in [0, 0.05) is 43.9 Å². The van der Waals surface area contributed by atoms with Crippen molar-refractivity contribution in [3.8, 4) is 0 Å². The van der Waals surface area contributed by atoms with Gasteiger partial charge in [0.2, 0.25) is 5.91 Å². The van der Waals surface area contributed by atoms with Crippen molar-refractivity contribution in [2.24, 2.45) is 17.8 Å². The average Bonchev–Trinajstić information content (AvgIpc) is 3.35. The summed E-state index contributed by atoms with van der Waals surface area (Å²) in [4.78, 5) is 23.3. The number of amides is 1. The van der Waals surface area contributed by atoms with Crippen molar-refractivity contribution in [2.75, 3.05) is 52.6 Å². The summed E-state index contributed by atoms with van der Waals surface area (Å²) in [5, 5.41) is 10.1. The zero-order chi connectivity index (χ0) is 22.4. The first-order valence-corrected chi connectivity index (χ1v) is 11.6. The van der Waals surface area contributed by atoms with Gasteiger partial charge in [0.05, 0.1) is 44.6 Å². The van der Waals surface area contributed by atoms with E-state index in [9.17, 15) is 4.79 Å². The molecule has 0 aromatic heterocycles. The number of fused-ring (bicyclic) bond motifs is 1. The van der Waals surface area contributed by atoms with Crippen molar-refractivity contribution in [3.63, 3.8) is 0 Å². The summed E-state index contributed by atoms with van der Waals surface area (Å²) < 4.78 is 17.9. The van der Waals surface area contributed by atoms with E-state index in [0.717, 1.165) is 57.8 Å². The number of rotatable bonds is 6. The second kappa shape index (κ2) is 10.7. The molecule has 0 aliphatic carbocycles. The molecule has 2 bridgehead atoms. The lowest BCUT2D eigenvalue weighted by molar-refractivity contribution is -0.123. The first-order chi connectivity index (χ1) is 15.6. The quantitative estimate of drug-likeness (QED) is 0.634. The molecule has 32 heavy (non-hydrogen) atoms. The van der Waals surface area contributed by atoms with E-state index in [4.69, 9.17) is 24.1 Å². The molecule has 0 unspecified atom stereocenters. The maximum Gasteiger partial charge on any atom is 0.290 e. The predicted octanol–water partition coefficient (Wildman–Crippen LogP) is 1.19. The van der Waals surface area contributed by atoms with Gasteiger partial charge >= 0.3 is 0 Å². The minimum absolute atomic E-state index is 0.00589. The summed E-state index contributed by atoms with van der Waals surface area (Å²) >= 11 is 0. The lowest BCUT2D eigenvalue weighted by atomic mass is 9.73. The summed E-state index contributed by atoms with van der Waals surface area (Å²) in [6, 6.07) is 9.95. The first kappa shape index (κ1) is 23.2. The van der Waals surface area contributed by atoms with Crippen LogP contribution in [0.15, 0.2) is 30.3 Å². The fraction of sp³-hybridized carbons (Fsp3) is 0.667. The highest BCUT2D eigenvalue weighted by atomic mass is 16.5. The Morgan fingerprint density at radius 1 is 1.22 bits per heavy atom. The van der Waals surface area contributed by atoms with Gasteiger partial charge in [0.1, 0.15) is 0 Å². The lowest BCUT2D eigenvalue weighted by Crippen LogP contribution is -2.42. The van der Waals surface area contributed by atoms with Gasteiger partial charge in [-0.1, -0.05) is 30.3 Å². The van der Waals surface area contributed by atoms with Crippen LogP contribution in [-0.2, 0) is 30.2 Å². The van der Waals surface area contributed by atoms with E-state index in [-0.39, 0.29) is 18.0 Å². The average molecular weight is 447 g/mol. The Bertz CT molecular complexity index is 754. The molecular formula is C24H34N2O6. The van der Waals surface area contributed by atoms with E-state index < -0.39 is 0 Å². The smallest absolute Gasteiger partial charge is 0.290 e. The van der Waals surface area contributed by atoms with Crippen LogP contribution in [0.4, 0.5) is 0 Å². The normalized spacial score (nSPS) is 31.9. The molecule has 4 atom stereocenters. The SMILES string of the molecule is O=C(Cc1ccccc1)NC[C@H]1[C@H]2CN(CC3COCCOC3)C[C@]23CC[C@H]1O3.O=CO. The van der Waals surface area contributed by atoms with E-state index in [1.54, 1.807) is 0 Å². The zero-order valence-electron chi connectivity index (χ0n) is 18.5. The van der Waals surface area contributed by atoms with Crippen LogP contribution in [0.2, 0.25) is 0 Å². The van der Waals surface area contributed by atoms with Crippen LogP contribution in [0, 0.1) is 17.8 Å². The molecular weight excluding hydrogens is 412 g/mol. The summed E-state index contributed by atoms with van der Waals surface area (Å²) in [6.45, 7) is 6.56. The Balaban J connectivity index is 0.000000775. The first-order valence-electron chi connectivity index (χ1n) is 11.6. The topological polar surface area (TPSA) is 97.3 Å². The van der Waals surface area contributed by atoms with E-state index in [2.05, 4.69) is 10.2 Å². The number of ether oxygens (including phenoxy) is 3. The fourth-order valence-corrected chi connectivity index (χ4v) is 5.91. The van der Waals surface area contributed by atoms with E-state index >= 15 is 0 Å². The van der Waals surface area contributed by atoms with Gasteiger partial charge in [-0.15, -0.1) is 0 Å². The number of carbonyl (C=O) groups excluding carboxylic acids is 1. The van der Waals surface area contributed by atoms with Gasteiger partial charge in [0.15, 0.2) is 0 Å². The van der Waals surface area contributed by atoms with Gasteiger partial charge in [-0.05, 0) is 18.4 Å². The third-order valence-corrected chi connectivity index (χ3v) is 7.19. The largest absolute Gasteiger partial charge is 0.483 e. The van der Waals surface area contributed by atoms with Crippen molar-refractivity contribution in [1.82, 2.24) is 10.2 Å². The Kier molecular flexibility index (Phi) is 7.78. The summed E-state index contributed by atoms with van der Waals surface area (Å²) in [7, 11) is 0. The number of benzene rings is 1. The predicted molar refractivity (Wildman–Crippen MR) is 117 cm³/mol. The highest BCUT2D eigenvalue weighted by Crippen LogP contribution is 2.54. The third kappa shape index (κ3) is 5.31. The maximum absolute atomic E-state index is 12.4. The number of nitrogens with one attached hydrogen (secondary N) is 1. The van der Waals surface area contributed by atoms with Crippen molar-refractivity contribution in [3.05, 3.63) is 35.9 Å². The van der Waals surface area contributed by atoms with Crippen molar-refractivity contribution < 1.29 is 28.9 Å². The van der Waals surface area contributed by atoms with Crippen LogP contribution in [-0.4, -0.2) is 86.7 Å². The molecule has 1 aromatic carbocycles. The van der Waals surface area contributed by atoms with Crippen LogP contribution in [0.25, 0.3) is 0 Å². The Labute approximate surface area is 189 Å². The van der Waals surface area contributed by atoms with E-state index in [0.29, 0.717) is 43.5 Å². The highest BCUT2D eigenvalue weighted by Gasteiger charge is 2.62. The molecule has 5 rings (SSSR count). The molecule has 2 N–H and O–H groups in total. The molecule has 176 valence electrons. The fourth-order valence-electron chi connectivity index (χ4n) is 5.91. The van der Waals surface area contributed by atoms with Crippen molar-refractivity contribution >= 4 is 12.4 Å². The summed E-state index contributed by atoms with van der Waals surface area (Å²) in [5.41, 5.74) is 1.07. The zero-order valence-corrected chi connectivity index (χ0v) is 18.5. The highest BCUT2D eigenvalue weighted by molar-refractivity contribution is 5.78. The molecule has 4 aliphatic rings. The van der Waals surface area contributed by atoms with Crippen molar-refractivity contribution in [2.45, 2.75) is 31.0 Å². The number of hydrogen-bond donors (Lipinski definition) is 2. The van der Waals surface area contributed by atoms with Gasteiger partial charge in [-0.25, -0.2) is 0 Å². The van der Waals surface area contributed by atoms with Gasteiger partial charge < -0.3 is 24.6 Å². The molecule has 0 saturated carbocycles. The molecule has 4 heterocycles. The third-order valence-electron chi connectivity index (χ3n) is 7.19. The number of nitrogens with zero attached hydrogens (tertiary/aromatic N) is 1. The van der Waals surface area contributed by atoms with E-state index in [1.165, 1.54) is 0 Å². The monoisotopic (exact) mass is 446 g/mol. The van der Waals surface area contributed by atoms with Gasteiger partial charge in [-0.2, -0.15) is 0 Å². The number of hydrogen-bond acceptors (Lipinski definition) is 6. The molecule has 4 fully saturated rings. The molecule has 4 saturated heterocycles. The maximum atomic E-state index is 12.4.